The fourth-order valence-corrected chi connectivity index (χ4v) is 2.47. The van der Waals surface area contributed by atoms with E-state index in [4.69, 9.17) is 9.47 Å². The van der Waals surface area contributed by atoms with Crippen LogP contribution in [-0.2, 0) is 0 Å². The zero-order chi connectivity index (χ0) is 17.2. The van der Waals surface area contributed by atoms with Crippen LogP contribution in [0.2, 0.25) is 0 Å². The summed E-state index contributed by atoms with van der Waals surface area (Å²) in [6.45, 7) is 1.28. The lowest BCUT2D eigenvalue weighted by Gasteiger charge is -2.15. The van der Waals surface area contributed by atoms with Crippen molar-refractivity contribution in [2.45, 2.75) is 18.9 Å². The number of aliphatic hydroxyl groups is 1. The van der Waals surface area contributed by atoms with E-state index in [1.54, 1.807) is 14.2 Å². The first kappa shape index (κ1) is 17.9. The Morgan fingerprint density at radius 1 is 0.875 bits per heavy atom. The fourth-order valence-electron chi connectivity index (χ4n) is 2.47. The summed E-state index contributed by atoms with van der Waals surface area (Å²) in [4.78, 5) is 0. The van der Waals surface area contributed by atoms with Gasteiger partial charge in [-0.05, 0) is 37.1 Å². The first-order valence-corrected chi connectivity index (χ1v) is 8.16. The van der Waals surface area contributed by atoms with E-state index in [1.807, 2.05) is 48.5 Å². The van der Waals surface area contributed by atoms with Crippen molar-refractivity contribution in [3.05, 3.63) is 48.5 Å². The summed E-state index contributed by atoms with van der Waals surface area (Å²) >= 11 is 0. The maximum absolute atomic E-state index is 10.1. The van der Waals surface area contributed by atoms with Gasteiger partial charge in [0.1, 0.15) is 11.5 Å². The minimum absolute atomic E-state index is 0.408. The van der Waals surface area contributed by atoms with Gasteiger partial charge in [-0.3, -0.25) is 0 Å². The van der Waals surface area contributed by atoms with Gasteiger partial charge in [0.15, 0.2) is 0 Å². The van der Waals surface area contributed by atoms with Gasteiger partial charge in [0, 0.05) is 13.1 Å². The van der Waals surface area contributed by atoms with Crippen molar-refractivity contribution in [3.63, 3.8) is 0 Å². The molecule has 0 amide bonds. The number of para-hydroxylation sites is 4. The average molecular weight is 330 g/mol. The van der Waals surface area contributed by atoms with E-state index in [0.29, 0.717) is 13.0 Å². The number of hydrogen-bond donors (Lipinski definition) is 3. The summed E-state index contributed by atoms with van der Waals surface area (Å²) in [5.74, 6) is 1.61. The van der Waals surface area contributed by atoms with Crippen LogP contribution in [0.25, 0.3) is 0 Å². The number of hydrogen-bond acceptors (Lipinski definition) is 5. The van der Waals surface area contributed by atoms with Crippen LogP contribution in [-0.4, -0.2) is 38.5 Å². The third kappa shape index (κ3) is 5.35. The van der Waals surface area contributed by atoms with Gasteiger partial charge in [0.05, 0.1) is 31.7 Å². The summed E-state index contributed by atoms with van der Waals surface area (Å²) < 4.78 is 10.6. The number of nitrogens with one attached hydrogen (secondary N) is 2. The van der Waals surface area contributed by atoms with E-state index >= 15 is 0 Å². The maximum Gasteiger partial charge on any atom is 0.141 e. The molecule has 5 heteroatoms. The Morgan fingerprint density at radius 3 is 2.00 bits per heavy atom. The predicted molar refractivity (Wildman–Crippen MR) is 98.2 cm³/mol. The number of aliphatic hydroxyl groups excluding tert-OH is 1. The second kappa shape index (κ2) is 9.67. The predicted octanol–water partition coefficient (Wildman–Crippen LogP) is 3.37. The highest BCUT2D eigenvalue weighted by Crippen LogP contribution is 2.24. The highest BCUT2D eigenvalue weighted by molar-refractivity contribution is 5.56. The minimum atomic E-state index is -0.408. The largest absolute Gasteiger partial charge is 0.495 e. The van der Waals surface area contributed by atoms with Crippen LogP contribution >= 0.6 is 0 Å². The molecule has 2 aromatic rings. The van der Waals surface area contributed by atoms with Gasteiger partial charge in [-0.25, -0.2) is 0 Å². The molecule has 0 radical (unpaired) electrons. The molecule has 0 saturated carbocycles. The molecule has 130 valence electrons. The molecule has 0 aliphatic heterocycles. The molecule has 0 aliphatic rings. The third-order valence-corrected chi connectivity index (χ3v) is 3.77. The Labute approximate surface area is 143 Å². The van der Waals surface area contributed by atoms with Crippen molar-refractivity contribution in [2.24, 2.45) is 0 Å². The van der Waals surface area contributed by atoms with E-state index in [-0.39, 0.29) is 0 Å². The molecule has 2 aromatic carbocycles. The molecule has 3 N–H and O–H groups in total. The number of methoxy groups -OCH3 is 2. The van der Waals surface area contributed by atoms with Crippen LogP contribution in [0.3, 0.4) is 0 Å². The first-order valence-electron chi connectivity index (χ1n) is 8.16. The molecule has 0 heterocycles. The summed E-state index contributed by atoms with van der Waals surface area (Å²) in [6.07, 6.45) is 1.17. The van der Waals surface area contributed by atoms with Gasteiger partial charge < -0.3 is 25.2 Å². The smallest absolute Gasteiger partial charge is 0.141 e. The van der Waals surface area contributed by atoms with Gasteiger partial charge in [-0.1, -0.05) is 24.3 Å². The lowest BCUT2D eigenvalue weighted by atomic mass is 10.2. The summed E-state index contributed by atoms with van der Waals surface area (Å²) in [6, 6.07) is 15.5. The molecule has 1 atom stereocenters. The maximum atomic E-state index is 10.1. The molecule has 0 bridgehead atoms. The van der Waals surface area contributed by atoms with Gasteiger partial charge in [0.2, 0.25) is 0 Å². The Morgan fingerprint density at radius 2 is 1.42 bits per heavy atom. The van der Waals surface area contributed by atoms with Crippen LogP contribution in [0.4, 0.5) is 11.4 Å². The minimum Gasteiger partial charge on any atom is -0.495 e. The van der Waals surface area contributed by atoms with Crippen LogP contribution < -0.4 is 20.1 Å². The number of anilines is 2. The number of rotatable bonds is 10. The van der Waals surface area contributed by atoms with Gasteiger partial charge in [0.25, 0.3) is 0 Å². The molecule has 0 aromatic heterocycles. The van der Waals surface area contributed by atoms with E-state index < -0.39 is 6.10 Å². The number of benzene rings is 2. The lowest BCUT2D eigenvalue weighted by Crippen LogP contribution is -2.20. The van der Waals surface area contributed by atoms with Crippen molar-refractivity contribution in [2.75, 3.05) is 37.9 Å². The van der Waals surface area contributed by atoms with Gasteiger partial charge in [-0.2, -0.15) is 0 Å². The molecule has 24 heavy (non-hydrogen) atoms. The molecule has 0 aliphatic carbocycles. The normalized spacial score (nSPS) is 11.6. The highest BCUT2D eigenvalue weighted by Gasteiger charge is 2.07. The van der Waals surface area contributed by atoms with E-state index in [1.165, 1.54) is 0 Å². The molecular formula is C19H26N2O3. The SMILES string of the molecule is COc1ccccc1NCCC[C@@H](O)CNc1ccccc1OC. The van der Waals surface area contributed by atoms with Crippen LogP contribution in [0.5, 0.6) is 11.5 Å². The van der Waals surface area contributed by atoms with Crippen LogP contribution in [0, 0.1) is 0 Å². The van der Waals surface area contributed by atoms with Crippen molar-refractivity contribution >= 4 is 11.4 Å². The molecule has 0 fully saturated rings. The standard InChI is InChI=1S/C19H26N2O3/c1-23-18-11-5-3-9-16(18)20-13-7-8-15(22)14-21-17-10-4-6-12-19(17)24-2/h3-6,9-12,15,20-22H,7-8,13-14H2,1-2H3/t15-/m1/s1. The van der Waals surface area contributed by atoms with Crippen molar-refractivity contribution in [1.29, 1.82) is 0 Å². The van der Waals surface area contributed by atoms with Crippen molar-refractivity contribution < 1.29 is 14.6 Å². The average Bonchev–Trinajstić information content (AvgIpc) is 2.64. The summed E-state index contributed by atoms with van der Waals surface area (Å²) in [5, 5.41) is 16.7. The van der Waals surface area contributed by atoms with E-state index in [2.05, 4.69) is 10.6 Å². The summed E-state index contributed by atoms with van der Waals surface area (Å²) in [5.41, 5.74) is 1.87. The molecular weight excluding hydrogens is 304 g/mol. The fraction of sp³-hybridized carbons (Fsp3) is 0.368. The molecule has 0 saturated heterocycles. The Balaban J connectivity index is 1.69. The highest BCUT2D eigenvalue weighted by atomic mass is 16.5. The van der Waals surface area contributed by atoms with Crippen molar-refractivity contribution in [3.8, 4) is 11.5 Å². The Bertz CT molecular complexity index is 619. The topological polar surface area (TPSA) is 62.8 Å². The van der Waals surface area contributed by atoms with Crippen LogP contribution in [0.15, 0.2) is 48.5 Å². The first-order chi connectivity index (χ1) is 11.7. The molecule has 0 unspecified atom stereocenters. The van der Waals surface area contributed by atoms with Gasteiger partial charge in [-0.15, -0.1) is 0 Å². The van der Waals surface area contributed by atoms with Gasteiger partial charge >= 0.3 is 0 Å². The second-order valence-electron chi connectivity index (χ2n) is 5.50. The Kier molecular flexibility index (Phi) is 7.23. The molecule has 0 spiro atoms. The second-order valence-corrected chi connectivity index (χ2v) is 5.50. The number of ether oxygens (including phenoxy) is 2. The summed E-state index contributed by atoms with van der Waals surface area (Å²) in [7, 11) is 3.30. The Hall–Kier alpha value is -2.40. The lowest BCUT2D eigenvalue weighted by molar-refractivity contribution is 0.175. The molecule has 2 rings (SSSR count). The monoisotopic (exact) mass is 330 g/mol. The third-order valence-electron chi connectivity index (χ3n) is 3.77. The molecule has 5 nitrogen and oxygen atoms in total. The zero-order valence-corrected chi connectivity index (χ0v) is 14.3. The zero-order valence-electron chi connectivity index (χ0n) is 14.3. The van der Waals surface area contributed by atoms with Crippen molar-refractivity contribution in [1.82, 2.24) is 0 Å². The van der Waals surface area contributed by atoms with Crippen LogP contribution in [0.1, 0.15) is 12.8 Å². The van der Waals surface area contributed by atoms with E-state index in [0.717, 1.165) is 35.8 Å². The van der Waals surface area contributed by atoms with E-state index in [9.17, 15) is 5.11 Å². The quantitative estimate of drug-likeness (QED) is 0.583.